The summed E-state index contributed by atoms with van der Waals surface area (Å²) >= 11 is 0. The Bertz CT molecular complexity index is 1110. The van der Waals surface area contributed by atoms with Gasteiger partial charge in [-0.15, -0.1) is 0 Å². The molecule has 0 spiro atoms. The van der Waals surface area contributed by atoms with Crippen molar-refractivity contribution in [2.75, 3.05) is 28.4 Å². The number of carbonyl (C=O) groups excluding carboxylic acids is 2. The third kappa shape index (κ3) is 3.59. The van der Waals surface area contributed by atoms with Crippen LogP contribution in [0.3, 0.4) is 0 Å². The molecule has 8 nitrogen and oxygen atoms in total. The molecule has 0 radical (unpaired) electrons. The summed E-state index contributed by atoms with van der Waals surface area (Å²) in [6, 6.07) is 6.50. The molecule has 0 aliphatic carbocycles. The zero-order valence-corrected chi connectivity index (χ0v) is 19.6. The number of carbonyl (C=O) groups is 2. The van der Waals surface area contributed by atoms with Crippen LogP contribution >= 0.6 is 0 Å². The van der Waals surface area contributed by atoms with E-state index in [1.165, 1.54) is 35.4 Å². The fourth-order valence-electron chi connectivity index (χ4n) is 3.28. The molecule has 0 bridgehead atoms. The van der Waals surface area contributed by atoms with Gasteiger partial charge in [0.2, 0.25) is 11.5 Å². The van der Waals surface area contributed by atoms with Crippen molar-refractivity contribution >= 4 is 38.3 Å². The first-order chi connectivity index (χ1) is 14.4. The highest BCUT2D eigenvalue weighted by molar-refractivity contribution is 6.38. The van der Waals surface area contributed by atoms with Crippen molar-refractivity contribution in [1.82, 2.24) is 0 Å². The van der Waals surface area contributed by atoms with E-state index < -0.39 is 5.97 Å². The lowest BCUT2D eigenvalue weighted by atomic mass is 10.0. The van der Waals surface area contributed by atoms with Gasteiger partial charge in [0.05, 0.1) is 49.6 Å². The first kappa shape index (κ1) is 21.3. The monoisotopic (exact) mass is 430 g/mol. The third-order valence-corrected chi connectivity index (χ3v) is 5.28. The average molecular weight is 430 g/mol. The highest BCUT2D eigenvalue weighted by atomic mass is 28.1. The molecule has 0 fully saturated rings. The number of hydrogen-bond acceptors (Lipinski definition) is 8. The number of rotatable bonds is 7. The number of esters is 1. The summed E-state index contributed by atoms with van der Waals surface area (Å²) in [6.45, 7) is 1.28. The fraction of sp³-hybridized carbons (Fsp3) is 0.238. The zero-order chi connectivity index (χ0) is 22.0. The molecular formula is C21H22O8Si. The molecule has 30 heavy (non-hydrogen) atoms. The molecule has 0 aliphatic rings. The maximum Gasteiger partial charge on any atom is 0.308 e. The normalized spacial score (nSPS) is 10.7. The molecule has 9 heteroatoms. The quantitative estimate of drug-likeness (QED) is 0.242. The Balaban J connectivity index is 2.21. The van der Waals surface area contributed by atoms with Crippen molar-refractivity contribution in [3.63, 3.8) is 0 Å². The summed E-state index contributed by atoms with van der Waals surface area (Å²) in [7, 11) is 6.36. The minimum atomic E-state index is -0.524. The van der Waals surface area contributed by atoms with E-state index in [4.69, 9.17) is 28.1 Å². The van der Waals surface area contributed by atoms with E-state index in [9.17, 15) is 9.59 Å². The highest BCUT2D eigenvalue weighted by Crippen LogP contribution is 2.41. The van der Waals surface area contributed by atoms with Crippen LogP contribution in [0.15, 0.2) is 28.7 Å². The summed E-state index contributed by atoms with van der Waals surface area (Å²) in [6.07, 6.45) is 0. The van der Waals surface area contributed by atoms with Crippen LogP contribution in [-0.2, 0) is 4.79 Å². The molecule has 0 saturated heterocycles. The van der Waals surface area contributed by atoms with Crippen molar-refractivity contribution in [3.05, 3.63) is 35.4 Å². The van der Waals surface area contributed by atoms with Gasteiger partial charge in [-0.05, 0) is 24.3 Å². The van der Waals surface area contributed by atoms with Crippen LogP contribution in [-0.4, -0.2) is 50.4 Å². The lowest BCUT2D eigenvalue weighted by molar-refractivity contribution is -0.131. The second kappa shape index (κ2) is 8.50. The summed E-state index contributed by atoms with van der Waals surface area (Å²) in [5, 5.41) is 1.03. The first-order valence-electron chi connectivity index (χ1n) is 8.99. The van der Waals surface area contributed by atoms with Crippen LogP contribution in [0.4, 0.5) is 0 Å². The number of benzene rings is 2. The van der Waals surface area contributed by atoms with Gasteiger partial charge in [0, 0.05) is 17.9 Å². The Morgan fingerprint density at radius 1 is 0.867 bits per heavy atom. The molecule has 1 aromatic heterocycles. The van der Waals surface area contributed by atoms with Crippen LogP contribution in [0.2, 0.25) is 0 Å². The van der Waals surface area contributed by atoms with Crippen LogP contribution in [0.5, 0.6) is 28.7 Å². The van der Waals surface area contributed by atoms with Crippen molar-refractivity contribution in [3.8, 4) is 28.7 Å². The van der Waals surface area contributed by atoms with Gasteiger partial charge in [0.1, 0.15) is 0 Å². The zero-order valence-electron chi connectivity index (χ0n) is 17.6. The summed E-state index contributed by atoms with van der Waals surface area (Å²) < 4.78 is 32.5. The Hall–Kier alpha value is -3.46. The van der Waals surface area contributed by atoms with Crippen molar-refractivity contribution in [2.45, 2.75) is 6.92 Å². The molecule has 0 unspecified atom stereocenters. The highest BCUT2D eigenvalue weighted by Gasteiger charge is 2.26. The molecule has 2 aromatic carbocycles. The first-order valence-corrected chi connectivity index (χ1v) is 9.99. The van der Waals surface area contributed by atoms with E-state index in [0.29, 0.717) is 55.1 Å². The summed E-state index contributed by atoms with van der Waals surface area (Å²) in [4.78, 5) is 25.0. The lowest BCUT2D eigenvalue weighted by Crippen LogP contribution is -2.13. The van der Waals surface area contributed by atoms with Crippen molar-refractivity contribution < 1.29 is 37.7 Å². The molecule has 0 N–H and O–H groups in total. The standard InChI is InChI=1S/C21H22O8Si/c1-10(22)28-20-13(24-2)7-6-12-16(21(30)29-18(12)20)17(23)11-8-14(25-3)19(27-5)15(9-11)26-4/h6-9H,1-5,30H3. The number of hydrogen-bond donors (Lipinski definition) is 0. The number of ketones is 1. The van der Waals surface area contributed by atoms with E-state index >= 15 is 0 Å². The molecule has 1 heterocycles. The maximum atomic E-state index is 13.4. The maximum absolute atomic E-state index is 13.4. The van der Waals surface area contributed by atoms with E-state index in [2.05, 4.69) is 0 Å². The second-order valence-electron chi connectivity index (χ2n) is 6.34. The number of methoxy groups -OCH3 is 4. The van der Waals surface area contributed by atoms with Gasteiger partial charge < -0.3 is 28.1 Å². The smallest absolute Gasteiger partial charge is 0.308 e. The SMILES string of the molecule is COc1cc(C(=O)c2c([SiH3])oc3c(OC(C)=O)c(OC)ccc23)cc(OC)c1OC. The van der Waals surface area contributed by atoms with Crippen molar-refractivity contribution in [2.24, 2.45) is 0 Å². The molecule has 0 saturated carbocycles. The number of ether oxygens (including phenoxy) is 5. The Kier molecular flexibility index (Phi) is 6.02. The topological polar surface area (TPSA) is 93.4 Å². The van der Waals surface area contributed by atoms with E-state index in [1.807, 2.05) is 0 Å². The summed E-state index contributed by atoms with van der Waals surface area (Å²) in [5.41, 5.74) is 1.02. The van der Waals surface area contributed by atoms with Crippen molar-refractivity contribution in [1.29, 1.82) is 0 Å². The van der Waals surface area contributed by atoms with Gasteiger partial charge in [0.25, 0.3) is 0 Å². The molecule has 0 atom stereocenters. The Morgan fingerprint density at radius 2 is 1.47 bits per heavy atom. The van der Waals surface area contributed by atoms with Gasteiger partial charge >= 0.3 is 5.97 Å². The Labute approximate surface area is 176 Å². The lowest BCUT2D eigenvalue weighted by Gasteiger charge is -2.13. The predicted molar refractivity (Wildman–Crippen MR) is 113 cm³/mol. The fourth-order valence-corrected chi connectivity index (χ4v) is 3.98. The molecule has 3 rings (SSSR count). The van der Waals surface area contributed by atoms with Gasteiger partial charge in [-0.25, -0.2) is 0 Å². The van der Waals surface area contributed by atoms with Crippen LogP contribution in [0, 0.1) is 0 Å². The molecule has 158 valence electrons. The van der Waals surface area contributed by atoms with Gasteiger partial charge in [-0.3, -0.25) is 9.59 Å². The van der Waals surface area contributed by atoms with E-state index in [0.717, 1.165) is 0 Å². The minimum Gasteiger partial charge on any atom is -0.493 e. The van der Waals surface area contributed by atoms with Gasteiger partial charge in [-0.2, -0.15) is 0 Å². The minimum absolute atomic E-state index is 0.142. The van der Waals surface area contributed by atoms with E-state index in [1.54, 1.807) is 24.3 Å². The molecule has 0 aliphatic heterocycles. The van der Waals surface area contributed by atoms with Crippen LogP contribution in [0.25, 0.3) is 11.0 Å². The summed E-state index contributed by atoms with van der Waals surface area (Å²) in [5.74, 6) is 0.793. The third-order valence-electron chi connectivity index (χ3n) is 4.57. The van der Waals surface area contributed by atoms with Crippen LogP contribution < -0.4 is 29.1 Å². The number of fused-ring (bicyclic) bond motifs is 1. The molecular weight excluding hydrogens is 408 g/mol. The average Bonchev–Trinajstić information content (AvgIpc) is 3.08. The largest absolute Gasteiger partial charge is 0.493 e. The predicted octanol–water partition coefficient (Wildman–Crippen LogP) is 1.61. The van der Waals surface area contributed by atoms with Gasteiger partial charge in [0.15, 0.2) is 28.6 Å². The van der Waals surface area contributed by atoms with E-state index in [-0.39, 0.29) is 17.1 Å². The number of furan rings is 1. The second-order valence-corrected chi connectivity index (χ2v) is 7.25. The van der Waals surface area contributed by atoms with Gasteiger partial charge in [-0.1, -0.05) is 0 Å². The Morgan fingerprint density at radius 3 is 1.97 bits per heavy atom. The van der Waals surface area contributed by atoms with Crippen LogP contribution in [0.1, 0.15) is 22.8 Å². The molecule has 3 aromatic rings. The molecule has 0 amide bonds.